The van der Waals surface area contributed by atoms with Crippen molar-refractivity contribution in [2.75, 3.05) is 12.3 Å². The van der Waals surface area contributed by atoms with Gasteiger partial charge in [-0.05, 0) is 25.1 Å². The van der Waals surface area contributed by atoms with Crippen LogP contribution in [0.3, 0.4) is 0 Å². The van der Waals surface area contributed by atoms with E-state index >= 15 is 0 Å². The maximum Gasteiger partial charge on any atom is 0.292 e. The standard InChI is InChI=1S/C11H11ClN2O2/c1-2-15-9-4-3-7(12)5-8(9)10-6-14-11(13)16-10/h3-6H,2H2,1H3,(H2,13,14). The van der Waals surface area contributed by atoms with E-state index < -0.39 is 0 Å². The molecule has 2 N–H and O–H groups in total. The van der Waals surface area contributed by atoms with Gasteiger partial charge < -0.3 is 14.9 Å². The maximum atomic E-state index is 5.92. The summed E-state index contributed by atoms with van der Waals surface area (Å²) in [5.74, 6) is 1.24. The quantitative estimate of drug-likeness (QED) is 0.893. The van der Waals surface area contributed by atoms with E-state index in [-0.39, 0.29) is 6.01 Å². The van der Waals surface area contributed by atoms with Gasteiger partial charge in [0.05, 0.1) is 18.4 Å². The lowest BCUT2D eigenvalue weighted by Gasteiger charge is -2.07. The zero-order valence-electron chi connectivity index (χ0n) is 8.74. The second-order valence-corrected chi connectivity index (χ2v) is 3.57. The highest BCUT2D eigenvalue weighted by Crippen LogP contribution is 2.33. The number of oxazole rings is 1. The Kier molecular flexibility index (Phi) is 3.01. The van der Waals surface area contributed by atoms with Crippen molar-refractivity contribution in [3.05, 3.63) is 29.4 Å². The van der Waals surface area contributed by atoms with E-state index in [0.29, 0.717) is 23.1 Å². The number of hydrogen-bond donors (Lipinski definition) is 1. The molecule has 0 unspecified atom stereocenters. The molecule has 0 aliphatic carbocycles. The van der Waals surface area contributed by atoms with E-state index in [1.807, 2.05) is 6.92 Å². The summed E-state index contributed by atoms with van der Waals surface area (Å²) in [4.78, 5) is 3.84. The molecule has 1 aromatic heterocycles. The van der Waals surface area contributed by atoms with Gasteiger partial charge in [-0.15, -0.1) is 0 Å². The van der Waals surface area contributed by atoms with Gasteiger partial charge >= 0.3 is 0 Å². The molecule has 0 saturated carbocycles. The Labute approximate surface area is 98.0 Å². The topological polar surface area (TPSA) is 61.3 Å². The summed E-state index contributed by atoms with van der Waals surface area (Å²) in [6, 6.07) is 5.43. The normalized spacial score (nSPS) is 10.4. The third kappa shape index (κ3) is 2.12. The van der Waals surface area contributed by atoms with Crippen LogP contribution in [0.15, 0.2) is 28.8 Å². The van der Waals surface area contributed by atoms with Crippen LogP contribution in [0.4, 0.5) is 6.01 Å². The summed E-state index contributed by atoms with van der Waals surface area (Å²) in [5.41, 5.74) is 6.18. The fraction of sp³-hybridized carbons (Fsp3) is 0.182. The van der Waals surface area contributed by atoms with Crippen LogP contribution in [0.1, 0.15) is 6.92 Å². The molecule has 2 aromatic rings. The third-order valence-electron chi connectivity index (χ3n) is 2.03. The number of ether oxygens (including phenoxy) is 1. The second-order valence-electron chi connectivity index (χ2n) is 3.14. The number of rotatable bonds is 3. The lowest BCUT2D eigenvalue weighted by molar-refractivity contribution is 0.341. The summed E-state index contributed by atoms with van der Waals surface area (Å²) >= 11 is 5.92. The van der Waals surface area contributed by atoms with Gasteiger partial charge in [-0.1, -0.05) is 11.6 Å². The van der Waals surface area contributed by atoms with Crippen molar-refractivity contribution in [1.29, 1.82) is 0 Å². The lowest BCUT2D eigenvalue weighted by Crippen LogP contribution is -1.93. The molecular formula is C11H11ClN2O2. The van der Waals surface area contributed by atoms with Crippen LogP contribution >= 0.6 is 11.6 Å². The van der Waals surface area contributed by atoms with Crippen molar-refractivity contribution < 1.29 is 9.15 Å². The maximum absolute atomic E-state index is 5.92. The van der Waals surface area contributed by atoms with Crippen LogP contribution in [0.25, 0.3) is 11.3 Å². The van der Waals surface area contributed by atoms with E-state index in [1.54, 1.807) is 24.4 Å². The van der Waals surface area contributed by atoms with E-state index in [1.165, 1.54) is 0 Å². The first kappa shape index (κ1) is 10.8. The smallest absolute Gasteiger partial charge is 0.292 e. The fourth-order valence-corrected chi connectivity index (χ4v) is 1.56. The molecule has 0 fully saturated rings. The van der Waals surface area contributed by atoms with Gasteiger partial charge in [-0.25, -0.2) is 4.98 Å². The number of nitrogen functional groups attached to an aromatic ring is 1. The van der Waals surface area contributed by atoms with Crippen molar-refractivity contribution in [2.24, 2.45) is 0 Å². The fourth-order valence-electron chi connectivity index (χ4n) is 1.39. The molecule has 0 aliphatic heterocycles. The minimum atomic E-state index is 0.123. The number of aromatic nitrogens is 1. The lowest BCUT2D eigenvalue weighted by atomic mass is 10.1. The molecule has 5 heteroatoms. The van der Waals surface area contributed by atoms with Crippen LogP contribution in [0.2, 0.25) is 5.02 Å². The highest BCUT2D eigenvalue weighted by atomic mass is 35.5. The number of nitrogens with two attached hydrogens (primary N) is 1. The Morgan fingerprint density at radius 3 is 2.94 bits per heavy atom. The molecule has 0 saturated heterocycles. The van der Waals surface area contributed by atoms with Crippen molar-refractivity contribution in [2.45, 2.75) is 6.92 Å². The second kappa shape index (κ2) is 4.45. The molecule has 1 heterocycles. The third-order valence-corrected chi connectivity index (χ3v) is 2.27. The number of hydrogen-bond acceptors (Lipinski definition) is 4. The number of anilines is 1. The van der Waals surface area contributed by atoms with Gasteiger partial charge in [-0.3, -0.25) is 0 Å². The summed E-state index contributed by atoms with van der Waals surface area (Å²) in [7, 11) is 0. The minimum absolute atomic E-state index is 0.123. The van der Waals surface area contributed by atoms with Crippen molar-refractivity contribution >= 4 is 17.6 Å². The van der Waals surface area contributed by atoms with E-state index in [0.717, 1.165) is 5.56 Å². The Morgan fingerprint density at radius 1 is 1.50 bits per heavy atom. The SMILES string of the molecule is CCOc1ccc(Cl)cc1-c1cnc(N)o1. The predicted molar refractivity (Wildman–Crippen MR) is 62.5 cm³/mol. The number of nitrogens with zero attached hydrogens (tertiary/aromatic N) is 1. The molecule has 0 aliphatic rings. The summed E-state index contributed by atoms with van der Waals surface area (Å²) in [6.07, 6.45) is 1.55. The van der Waals surface area contributed by atoms with Gasteiger partial charge in [0, 0.05) is 5.02 Å². The van der Waals surface area contributed by atoms with Crippen molar-refractivity contribution in [3.63, 3.8) is 0 Å². The van der Waals surface area contributed by atoms with Gasteiger partial charge in [0.2, 0.25) is 0 Å². The highest BCUT2D eigenvalue weighted by Gasteiger charge is 2.11. The van der Waals surface area contributed by atoms with Gasteiger partial charge in [0.25, 0.3) is 6.01 Å². The summed E-state index contributed by atoms with van der Waals surface area (Å²) < 4.78 is 10.7. The van der Waals surface area contributed by atoms with Crippen LogP contribution in [0.5, 0.6) is 5.75 Å². The Balaban J connectivity index is 2.48. The van der Waals surface area contributed by atoms with Crippen LogP contribution in [-0.2, 0) is 0 Å². The molecule has 0 spiro atoms. The van der Waals surface area contributed by atoms with Crippen molar-refractivity contribution in [1.82, 2.24) is 4.98 Å². The first-order valence-electron chi connectivity index (χ1n) is 4.84. The average molecular weight is 239 g/mol. The van der Waals surface area contributed by atoms with Gasteiger partial charge in [0.1, 0.15) is 5.75 Å². The molecule has 2 rings (SSSR count). The molecule has 0 amide bonds. The van der Waals surface area contributed by atoms with Crippen LogP contribution in [-0.4, -0.2) is 11.6 Å². The number of benzene rings is 1. The molecule has 16 heavy (non-hydrogen) atoms. The molecule has 0 radical (unpaired) electrons. The summed E-state index contributed by atoms with van der Waals surface area (Å²) in [6.45, 7) is 2.48. The van der Waals surface area contributed by atoms with E-state index in [2.05, 4.69) is 4.98 Å². The van der Waals surface area contributed by atoms with Crippen molar-refractivity contribution in [3.8, 4) is 17.1 Å². The molecule has 0 bridgehead atoms. The first-order valence-corrected chi connectivity index (χ1v) is 5.22. The monoisotopic (exact) mass is 238 g/mol. The van der Waals surface area contributed by atoms with E-state index in [9.17, 15) is 0 Å². The largest absolute Gasteiger partial charge is 0.493 e. The first-order chi connectivity index (χ1) is 7.70. The Morgan fingerprint density at radius 2 is 2.31 bits per heavy atom. The average Bonchev–Trinajstić information content (AvgIpc) is 2.68. The molecule has 4 nitrogen and oxygen atoms in total. The molecule has 1 aromatic carbocycles. The van der Waals surface area contributed by atoms with Gasteiger partial charge in [0.15, 0.2) is 5.76 Å². The Hall–Kier alpha value is -1.68. The Bertz CT molecular complexity index is 496. The van der Waals surface area contributed by atoms with E-state index in [4.69, 9.17) is 26.5 Å². The van der Waals surface area contributed by atoms with Crippen LogP contribution < -0.4 is 10.5 Å². The molecule has 84 valence electrons. The molecular weight excluding hydrogens is 228 g/mol. The predicted octanol–water partition coefficient (Wildman–Crippen LogP) is 2.98. The van der Waals surface area contributed by atoms with Gasteiger partial charge in [-0.2, -0.15) is 0 Å². The zero-order valence-corrected chi connectivity index (χ0v) is 9.49. The number of halogens is 1. The summed E-state index contributed by atoms with van der Waals surface area (Å²) in [5, 5.41) is 0.605. The zero-order chi connectivity index (χ0) is 11.5. The highest BCUT2D eigenvalue weighted by molar-refractivity contribution is 6.30. The minimum Gasteiger partial charge on any atom is -0.493 e. The van der Waals surface area contributed by atoms with Crippen LogP contribution in [0, 0.1) is 0 Å². The molecule has 0 atom stereocenters.